The van der Waals surface area contributed by atoms with Crippen LogP contribution in [0.15, 0.2) is 65.6 Å². The molecule has 0 unspecified atom stereocenters. The van der Waals surface area contributed by atoms with Gasteiger partial charge in [0.2, 0.25) is 0 Å². The summed E-state index contributed by atoms with van der Waals surface area (Å²) >= 11 is 0.698. The average Bonchev–Trinajstić information content (AvgIpc) is 3.35. The molecule has 0 aliphatic carbocycles. The molecule has 2 aromatic carbocycles. The van der Waals surface area contributed by atoms with Gasteiger partial charge in [0.15, 0.2) is 5.75 Å². The summed E-state index contributed by atoms with van der Waals surface area (Å²) in [7, 11) is 0. The number of rotatable bonds is 10. The number of unbranched alkanes of at least 4 members (excludes halogenated alkanes) is 1. The van der Waals surface area contributed by atoms with Crippen molar-refractivity contribution >= 4 is 38.4 Å². The number of H-pyrrole nitrogens is 1. The highest BCUT2D eigenvalue weighted by molar-refractivity contribution is 7.16. The molecule has 218 valence electrons. The molecule has 0 bridgehead atoms. The number of ether oxygens (including phenoxy) is 1. The molecule has 0 fully saturated rings. The van der Waals surface area contributed by atoms with Crippen LogP contribution in [0, 0.1) is 5.82 Å². The third kappa shape index (κ3) is 6.64. The van der Waals surface area contributed by atoms with Crippen molar-refractivity contribution in [2.75, 3.05) is 13.1 Å². The molecule has 0 aliphatic heterocycles. The number of thiazole rings is 1. The number of pyridine rings is 2. The van der Waals surface area contributed by atoms with Gasteiger partial charge in [-0.15, -0.1) is 0 Å². The Balaban J connectivity index is 1.18. The maximum absolute atomic E-state index is 13.9. The van der Waals surface area contributed by atoms with Crippen LogP contribution in [-0.2, 0) is 11.2 Å². The minimum atomic E-state index is -5.20. The van der Waals surface area contributed by atoms with Gasteiger partial charge < -0.3 is 20.1 Å². The minimum Gasteiger partial charge on any atom is -0.418 e. The van der Waals surface area contributed by atoms with E-state index in [9.17, 15) is 32.3 Å². The Labute approximate surface area is 240 Å². The van der Waals surface area contributed by atoms with Gasteiger partial charge in [-0.25, -0.2) is 9.18 Å². The highest BCUT2D eigenvalue weighted by Gasteiger charge is 2.41. The second kappa shape index (κ2) is 12.3. The number of alkyl halides is 3. The molecule has 3 N–H and O–H groups in total. The Hall–Kier alpha value is -4.20. The zero-order chi connectivity index (χ0) is 29.9. The molecule has 0 aliphatic rings. The fraction of sp³-hybridized carbons (Fsp3) is 0.241. The van der Waals surface area contributed by atoms with Gasteiger partial charge in [-0.05, 0) is 56.1 Å². The zero-order valence-electron chi connectivity index (χ0n) is 21.9. The molecule has 3 heterocycles. The number of aromatic amines is 1. The molecule has 0 amide bonds. The molecule has 5 aromatic rings. The number of fused-ring (bicyclic) bond motifs is 2. The number of nitrogens with one attached hydrogen (secondary N) is 2. The van der Waals surface area contributed by atoms with Crippen molar-refractivity contribution in [1.82, 2.24) is 20.3 Å². The topological polar surface area (TPSA) is 117 Å². The van der Waals surface area contributed by atoms with Gasteiger partial charge in [-0.3, -0.25) is 14.8 Å². The van der Waals surface area contributed by atoms with Crippen molar-refractivity contribution in [2.45, 2.75) is 31.5 Å². The molecule has 0 saturated carbocycles. The fourth-order valence-corrected chi connectivity index (χ4v) is 5.46. The minimum absolute atomic E-state index is 0.0881. The third-order valence-electron chi connectivity index (χ3n) is 6.48. The largest absolute Gasteiger partial charge is 0.491 e. The van der Waals surface area contributed by atoms with Gasteiger partial charge in [0.1, 0.15) is 11.3 Å². The van der Waals surface area contributed by atoms with Gasteiger partial charge in [-0.2, -0.15) is 13.2 Å². The van der Waals surface area contributed by atoms with Gasteiger partial charge in [0.05, 0.1) is 22.0 Å². The van der Waals surface area contributed by atoms with E-state index in [4.69, 9.17) is 4.98 Å². The summed E-state index contributed by atoms with van der Waals surface area (Å²) in [4.78, 5) is 34.2. The lowest BCUT2D eigenvalue weighted by molar-refractivity contribution is -0.189. The summed E-state index contributed by atoms with van der Waals surface area (Å²) in [6, 6.07) is 14.4. The number of benzene rings is 2. The molecule has 3 aromatic heterocycles. The molecule has 0 radical (unpaired) electrons. The van der Waals surface area contributed by atoms with E-state index < -0.39 is 28.9 Å². The monoisotopic (exact) mass is 600 g/mol. The van der Waals surface area contributed by atoms with E-state index in [0.717, 1.165) is 30.0 Å². The van der Waals surface area contributed by atoms with E-state index in [-0.39, 0.29) is 22.6 Å². The van der Waals surface area contributed by atoms with Crippen molar-refractivity contribution in [2.24, 2.45) is 0 Å². The van der Waals surface area contributed by atoms with E-state index in [1.165, 1.54) is 18.2 Å². The Kier molecular flexibility index (Phi) is 8.61. The summed E-state index contributed by atoms with van der Waals surface area (Å²) in [5, 5.41) is 14.8. The quantitative estimate of drug-likeness (QED) is 0.0845. The first-order valence-electron chi connectivity index (χ1n) is 12.9. The molecule has 5 rings (SSSR count). The van der Waals surface area contributed by atoms with Crippen molar-refractivity contribution in [3.8, 4) is 17.0 Å². The normalized spacial score (nSPS) is 12.6. The number of hydrogen-bond donors (Lipinski definition) is 3. The van der Waals surface area contributed by atoms with Crippen LogP contribution in [0.3, 0.4) is 0 Å². The van der Waals surface area contributed by atoms with Crippen LogP contribution in [0.1, 0.15) is 30.2 Å². The molecule has 0 spiro atoms. The summed E-state index contributed by atoms with van der Waals surface area (Å²) in [6.45, 7) is 0.670. The van der Waals surface area contributed by atoms with Crippen LogP contribution in [0.4, 0.5) is 17.6 Å². The SMILES string of the molecule is O=C(Oc1ccc([C@@H](O)CNCCCCc2cc3cccnc3c(-c3cccc(F)c3)n2)c2sc(=O)[nH]c12)C(F)(F)F. The first-order chi connectivity index (χ1) is 20.1. The molecule has 8 nitrogen and oxygen atoms in total. The number of aromatic nitrogens is 3. The Morgan fingerprint density at radius 1 is 1.12 bits per heavy atom. The number of aliphatic hydroxyl groups excluding tert-OH is 1. The molecular formula is C29H24F4N4O4S. The van der Waals surface area contributed by atoms with Crippen LogP contribution >= 0.6 is 11.3 Å². The first-order valence-corrected chi connectivity index (χ1v) is 13.8. The number of aryl methyl sites for hydroxylation is 1. The Morgan fingerprint density at radius 3 is 2.74 bits per heavy atom. The summed E-state index contributed by atoms with van der Waals surface area (Å²) in [6.07, 6.45) is -2.43. The van der Waals surface area contributed by atoms with Gasteiger partial charge in [0.25, 0.3) is 0 Å². The predicted octanol–water partition coefficient (Wildman–Crippen LogP) is 5.45. The van der Waals surface area contributed by atoms with Crippen molar-refractivity contribution in [3.05, 3.63) is 87.5 Å². The zero-order valence-corrected chi connectivity index (χ0v) is 22.7. The van der Waals surface area contributed by atoms with Crippen molar-refractivity contribution in [3.63, 3.8) is 0 Å². The second-order valence-corrected chi connectivity index (χ2v) is 10.5. The molecule has 13 heteroatoms. The average molecular weight is 601 g/mol. The number of aliphatic hydroxyl groups is 1. The Morgan fingerprint density at radius 2 is 1.95 bits per heavy atom. The fourth-order valence-electron chi connectivity index (χ4n) is 4.54. The van der Waals surface area contributed by atoms with Crippen LogP contribution in [-0.4, -0.2) is 45.3 Å². The van der Waals surface area contributed by atoms with Gasteiger partial charge >= 0.3 is 17.0 Å². The van der Waals surface area contributed by atoms with Crippen LogP contribution in [0.5, 0.6) is 5.75 Å². The van der Waals surface area contributed by atoms with Crippen molar-refractivity contribution in [1.29, 1.82) is 0 Å². The van der Waals surface area contributed by atoms with Gasteiger partial charge in [0, 0.05) is 34.9 Å². The maximum Gasteiger partial charge on any atom is 0.491 e. The predicted molar refractivity (Wildman–Crippen MR) is 150 cm³/mol. The lowest BCUT2D eigenvalue weighted by atomic mass is 10.0. The number of halogens is 4. The highest BCUT2D eigenvalue weighted by atomic mass is 32.1. The summed E-state index contributed by atoms with van der Waals surface area (Å²) in [5.74, 6) is -3.22. The lowest BCUT2D eigenvalue weighted by Crippen LogP contribution is -2.28. The summed E-state index contributed by atoms with van der Waals surface area (Å²) < 4.78 is 56.4. The van der Waals surface area contributed by atoms with E-state index in [2.05, 4.69) is 20.0 Å². The van der Waals surface area contributed by atoms with Crippen LogP contribution in [0.25, 0.3) is 32.4 Å². The van der Waals surface area contributed by atoms with Gasteiger partial charge in [-0.1, -0.05) is 35.6 Å². The molecule has 1 atom stereocenters. The van der Waals surface area contributed by atoms with Crippen LogP contribution < -0.4 is 14.9 Å². The van der Waals surface area contributed by atoms with E-state index in [1.54, 1.807) is 18.3 Å². The van der Waals surface area contributed by atoms with E-state index in [1.807, 2.05) is 18.2 Å². The third-order valence-corrected chi connectivity index (χ3v) is 7.41. The van der Waals surface area contributed by atoms with E-state index >= 15 is 0 Å². The standard InChI is InChI=1S/C29H24F4N4O4S/c30-18-7-3-5-16(13-18)24-23-17(6-4-12-35-23)14-19(36-24)8-1-2-11-34-15-21(38)20-9-10-22(41-27(39)29(31,32)33)25-26(20)42-28(40)37-25/h3-7,9-10,12-14,21,34,38H,1-2,8,11,15H2,(H,37,40)/t21-/m0/s1. The second-order valence-electron chi connectivity index (χ2n) is 9.48. The number of carbonyl (C=O) groups is 1. The lowest BCUT2D eigenvalue weighted by Gasteiger charge is -2.15. The Bertz CT molecular complexity index is 1800. The first kappa shape index (κ1) is 29.3. The molecule has 42 heavy (non-hydrogen) atoms. The molecular weight excluding hydrogens is 576 g/mol. The number of carbonyl (C=O) groups excluding carboxylic acids is 1. The van der Waals surface area contributed by atoms with Crippen LogP contribution in [0.2, 0.25) is 0 Å². The van der Waals surface area contributed by atoms with E-state index in [0.29, 0.717) is 46.6 Å². The molecule has 0 saturated heterocycles. The number of nitrogens with zero attached hydrogens (tertiary/aromatic N) is 2. The highest BCUT2D eigenvalue weighted by Crippen LogP contribution is 2.33. The maximum atomic E-state index is 13.9. The smallest absolute Gasteiger partial charge is 0.418 e. The number of esters is 1. The van der Waals surface area contributed by atoms with Crippen molar-refractivity contribution < 1.29 is 32.2 Å². The summed E-state index contributed by atoms with van der Waals surface area (Å²) in [5.41, 5.74) is 3.01. The number of hydrogen-bond acceptors (Lipinski definition) is 8.